The summed E-state index contributed by atoms with van der Waals surface area (Å²) in [6.07, 6.45) is 0.812. The summed E-state index contributed by atoms with van der Waals surface area (Å²) in [5.74, 6) is -0.213. The van der Waals surface area contributed by atoms with Crippen LogP contribution in [0.5, 0.6) is 0 Å². The van der Waals surface area contributed by atoms with Crippen molar-refractivity contribution >= 4 is 33.4 Å². The molecule has 1 aromatic carbocycles. The first kappa shape index (κ1) is 15.4. The number of nitrogens with one attached hydrogen (secondary N) is 1. The molecule has 100 valence electrons. The monoisotopic (exact) mass is 335 g/mol. The van der Waals surface area contributed by atoms with Gasteiger partial charge in [0, 0.05) is 15.9 Å². The van der Waals surface area contributed by atoms with Crippen LogP contribution in [0.2, 0.25) is 5.02 Å². The van der Waals surface area contributed by atoms with Gasteiger partial charge in [-0.25, -0.2) is 0 Å². The summed E-state index contributed by atoms with van der Waals surface area (Å²) in [6, 6.07) is 4.80. The number of hydrogen-bond acceptors (Lipinski definition) is 3. The van der Waals surface area contributed by atoms with Gasteiger partial charge < -0.3 is 15.5 Å². The second-order valence-electron chi connectivity index (χ2n) is 3.87. The topological polar surface area (TPSA) is 69.6 Å². The number of aliphatic hydroxyl groups is 2. The van der Waals surface area contributed by atoms with Crippen molar-refractivity contribution in [2.45, 2.75) is 18.9 Å². The summed E-state index contributed by atoms with van der Waals surface area (Å²) in [7, 11) is 0. The molecule has 0 heterocycles. The van der Waals surface area contributed by atoms with Crippen LogP contribution in [-0.2, 0) is 11.2 Å². The van der Waals surface area contributed by atoms with Crippen LogP contribution in [0, 0.1) is 0 Å². The van der Waals surface area contributed by atoms with Gasteiger partial charge in [0.25, 0.3) is 0 Å². The lowest BCUT2D eigenvalue weighted by Gasteiger charge is -2.13. The van der Waals surface area contributed by atoms with E-state index in [4.69, 9.17) is 21.8 Å². The molecule has 0 atom stereocenters. The first-order valence-electron chi connectivity index (χ1n) is 5.51. The number of aliphatic hydroxyl groups excluding tert-OH is 2. The van der Waals surface area contributed by atoms with Crippen LogP contribution >= 0.6 is 27.5 Å². The Labute approximate surface area is 119 Å². The summed E-state index contributed by atoms with van der Waals surface area (Å²) in [4.78, 5) is 11.6. The van der Waals surface area contributed by atoms with E-state index < -0.39 is 6.04 Å². The van der Waals surface area contributed by atoms with E-state index in [9.17, 15) is 4.79 Å². The lowest BCUT2D eigenvalue weighted by Crippen LogP contribution is -2.40. The van der Waals surface area contributed by atoms with E-state index in [0.29, 0.717) is 11.4 Å². The van der Waals surface area contributed by atoms with E-state index in [1.165, 1.54) is 0 Å². The molecule has 1 rings (SSSR count). The van der Waals surface area contributed by atoms with Gasteiger partial charge in [-0.15, -0.1) is 0 Å². The van der Waals surface area contributed by atoms with Crippen LogP contribution in [0.15, 0.2) is 22.7 Å². The third-order valence-corrected chi connectivity index (χ3v) is 3.44. The van der Waals surface area contributed by atoms with Gasteiger partial charge in [0.15, 0.2) is 0 Å². The number of halogens is 2. The number of carbonyl (C=O) groups excluding carboxylic acids is 1. The Balaban J connectivity index is 2.49. The molecule has 0 spiro atoms. The molecule has 0 aliphatic carbocycles. The van der Waals surface area contributed by atoms with E-state index in [0.717, 1.165) is 10.0 Å². The van der Waals surface area contributed by atoms with Crippen LogP contribution < -0.4 is 5.32 Å². The number of hydrogen-bond donors (Lipinski definition) is 3. The van der Waals surface area contributed by atoms with Crippen molar-refractivity contribution in [1.82, 2.24) is 5.32 Å². The molecule has 0 unspecified atom stereocenters. The predicted molar refractivity (Wildman–Crippen MR) is 73.6 cm³/mol. The summed E-state index contributed by atoms with van der Waals surface area (Å²) >= 11 is 9.26. The molecule has 3 N–H and O–H groups in total. The average Bonchev–Trinajstić information content (AvgIpc) is 2.37. The molecule has 18 heavy (non-hydrogen) atoms. The lowest BCUT2D eigenvalue weighted by molar-refractivity contribution is -0.122. The summed E-state index contributed by atoms with van der Waals surface area (Å²) in [5.41, 5.74) is 0.946. The molecule has 0 aliphatic rings. The maximum atomic E-state index is 11.6. The Kier molecular flexibility index (Phi) is 6.63. The summed E-state index contributed by atoms with van der Waals surface area (Å²) < 4.78 is 0.903. The van der Waals surface area contributed by atoms with Gasteiger partial charge in [-0.2, -0.15) is 0 Å². The number of aryl methyl sites for hydroxylation is 1. The molecule has 0 saturated carbocycles. The van der Waals surface area contributed by atoms with Crippen molar-refractivity contribution in [3.63, 3.8) is 0 Å². The minimum absolute atomic E-state index is 0.213. The molecule has 1 aromatic rings. The third kappa shape index (κ3) is 4.94. The molecule has 0 saturated heterocycles. The van der Waals surface area contributed by atoms with Gasteiger partial charge in [-0.1, -0.05) is 27.5 Å². The van der Waals surface area contributed by atoms with E-state index >= 15 is 0 Å². The van der Waals surface area contributed by atoms with Gasteiger partial charge in [0.05, 0.1) is 19.3 Å². The number of carbonyl (C=O) groups is 1. The quantitative estimate of drug-likeness (QED) is 0.737. The highest BCUT2D eigenvalue weighted by Crippen LogP contribution is 2.22. The second kappa shape index (κ2) is 7.74. The van der Waals surface area contributed by atoms with Gasteiger partial charge >= 0.3 is 0 Å². The molecule has 0 fully saturated rings. The van der Waals surface area contributed by atoms with Crippen LogP contribution in [0.25, 0.3) is 0 Å². The average molecular weight is 337 g/mol. The summed E-state index contributed by atoms with van der Waals surface area (Å²) in [6.45, 7) is -0.549. The van der Waals surface area contributed by atoms with Gasteiger partial charge in [-0.05, 0) is 30.2 Å². The highest BCUT2D eigenvalue weighted by molar-refractivity contribution is 9.10. The van der Waals surface area contributed by atoms with E-state index in [1.807, 2.05) is 6.07 Å². The molecule has 1 amide bonds. The molecule has 0 aliphatic heterocycles. The largest absolute Gasteiger partial charge is 0.394 e. The van der Waals surface area contributed by atoms with Crippen molar-refractivity contribution < 1.29 is 15.0 Å². The van der Waals surface area contributed by atoms with E-state index in [2.05, 4.69) is 21.2 Å². The van der Waals surface area contributed by atoms with Crippen molar-refractivity contribution in [2.75, 3.05) is 13.2 Å². The highest BCUT2D eigenvalue weighted by Gasteiger charge is 2.10. The standard InChI is InChI=1S/C12H15BrClNO3/c13-11-3-2-9(14)5-8(11)1-4-12(18)15-10(6-16)7-17/h2-3,5,10,16-17H,1,4,6-7H2,(H,15,18). The number of benzene rings is 1. The van der Waals surface area contributed by atoms with E-state index in [-0.39, 0.29) is 25.5 Å². The molecule has 0 bridgehead atoms. The van der Waals surface area contributed by atoms with Crippen LogP contribution in [-0.4, -0.2) is 35.4 Å². The Morgan fingerprint density at radius 1 is 1.39 bits per heavy atom. The van der Waals surface area contributed by atoms with Crippen LogP contribution in [0.4, 0.5) is 0 Å². The van der Waals surface area contributed by atoms with E-state index in [1.54, 1.807) is 12.1 Å². The van der Waals surface area contributed by atoms with Crippen LogP contribution in [0.3, 0.4) is 0 Å². The molecule has 4 nitrogen and oxygen atoms in total. The van der Waals surface area contributed by atoms with Crippen molar-refractivity contribution in [2.24, 2.45) is 0 Å². The SMILES string of the molecule is O=C(CCc1cc(Cl)ccc1Br)NC(CO)CO. The molecular formula is C12H15BrClNO3. The second-order valence-corrected chi connectivity index (χ2v) is 5.16. The Bertz CT molecular complexity index is 410. The molecular weight excluding hydrogens is 321 g/mol. The van der Waals surface area contributed by atoms with Crippen molar-refractivity contribution in [1.29, 1.82) is 0 Å². The molecule has 0 radical (unpaired) electrons. The van der Waals surface area contributed by atoms with Crippen LogP contribution in [0.1, 0.15) is 12.0 Å². The fourth-order valence-corrected chi connectivity index (χ4v) is 2.07. The van der Waals surface area contributed by atoms with Gasteiger partial charge in [-0.3, -0.25) is 4.79 Å². The predicted octanol–water partition coefficient (Wildman–Crippen LogP) is 1.50. The third-order valence-electron chi connectivity index (χ3n) is 2.44. The van der Waals surface area contributed by atoms with Crippen molar-refractivity contribution in [3.05, 3.63) is 33.3 Å². The maximum Gasteiger partial charge on any atom is 0.220 e. The fourth-order valence-electron chi connectivity index (χ4n) is 1.43. The normalized spacial score (nSPS) is 10.7. The zero-order valence-electron chi connectivity index (χ0n) is 9.70. The van der Waals surface area contributed by atoms with Crippen molar-refractivity contribution in [3.8, 4) is 0 Å². The van der Waals surface area contributed by atoms with Gasteiger partial charge in [0.1, 0.15) is 0 Å². The zero-order chi connectivity index (χ0) is 13.5. The lowest BCUT2D eigenvalue weighted by atomic mass is 10.1. The highest BCUT2D eigenvalue weighted by atomic mass is 79.9. The smallest absolute Gasteiger partial charge is 0.220 e. The minimum atomic E-state index is -0.597. The Hall–Kier alpha value is -0.620. The fraction of sp³-hybridized carbons (Fsp3) is 0.417. The molecule has 0 aromatic heterocycles. The minimum Gasteiger partial charge on any atom is -0.394 e. The maximum absolute atomic E-state index is 11.6. The Morgan fingerprint density at radius 2 is 2.06 bits per heavy atom. The van der Waals surface area contributed by atoms with Gasteiger partial charge in [0.2, 0.25) is 5.91 Å². The number of amides is 1. The zero-order valence-corrected chi connectivity index (χ0v) is 12.0. The number of rotatable bonds is 6. The first-order valence-corrected chi connectivity index (χ1v) is 6.69. The Morgan fingerprint density at radius 3 is 2.67 bits per heavy atom. The first-order chi connectivity index (χ1) is 8.56. The summed E-state index contributed by atoms with van der Waals surface area (Å²) in [5, 5.41) is 20.8. The molecule has 6 heteroatoms.